The average Bonchev–Trinajstić information content (AvgIpc) is 3.57. The first-order valence-electron chi connectivity index (χ1n) is 11.5. The van der Waals surface area contributed by atoms with Crippen LogP contribution in [0.25, 0.3) is 22.2 Å². The third kappa shape index (κ3) is 4.06. The van der Waals surface area contributed by atoms with Crippen molar-refractivity contribution in [3.05, 3.63) is 63.5 Å². The first-order valence-corrected chi connectivity index (χ1v) is 11.9. The first kappa shape index (κ1) is 22.1. The molecule has 0 amide bonds. The lowest BCUT2D eigenvalue weighted by atomic mass is 10.1. The van der Waals surface area contributed by atoms with Gasteiger partial charge in [0, 0.05) is 35.9 Å². The molecule has 2 atom stereocenters. The van der Waals surface area contributed by atoms with Crippen LogP contribution in [0.4, 0.5) is 10.3 Å². The van der Waals surface area contributed by atoms with Crippen LogP contribution in [0.5, 0.6) is 0 Å². The van der Waals surface area contributed by atoms with Crippen molar-refractivity contribution in [1.82, 2.24) is 29.5 Å². The molecule has 0 radical (unpaired) electrons. The topological polar surface area (TPSA) is 91.0 Å². The third-order valence-corrected chi connectivity index (χ3v) is 6.67. The first-order chi connectivity index (χ1) is 16.9. The molecule has 3 aromatic heterocycles. The van der Waals surface area contributed by atoms with Crippen molar-refractivity contribution >= 4 is 28.5 Å². The highest BCUT2D eigenvalue weighted by atomic mass is 35.5. The van der Waals surface area contributed by atoms with E-state index in [1.54, 1.807) is 19.2 Å². The van der Waals surface area contributed by atoms with Gasteiger partial charge in [0.25, 0.3) is 5.56 Å². The third-order valence-electron chi connectivity index (χ3n) is 6.43. The van der Waals surface area contributed by atoms with Crippen molar-refractivity contribution in [3.63, 3.8) is 0 Å². The summed E-state index contributed by atoms with van der Waals surface area (Å²) in [6.45, 7) is 2.97. The Morgan fingerprint density at radius 2 is 1.97 bits per heavy atom. The molecule has 1 saturated carbocycles. The van der Waals surface area contributed by atoms with Gasteiger partial charge in [-0.3, -0.25) is 9.48 Å². The number of rotatable bonds is 4. The molecule has 0 spiro atoms. The highest BCUT2D eigenvalue weighted by Gasteiger charge is 2.31. The zero-order valence-electron chi connectivity index (χ0n) is 19.2. The van der Waals surface area contributed by atoms with Crippen LogP contribution < -0.4 is 10.5 Å². The van der Waals surface area contributed by atoms with E-state index in [0.717, 1.165) is 18.4 Å². The summed E-state index contributed by atoms with van der Waals surface area (Å²) < 4.78 is 24.4. The average molecular weight is 496 g/mol. The van der Waals surface area contributed by atoms with Crippen LogP contribution in [0.1, 0.15) is 37.5 Å². The number of ether oxygens (including phenoxy) is 1. The van der Waals surface area contributed by atoms with Crippen LogP contribution in [0.2, 0.25) is 5.02 Å². The molecular weight excluding hydrogens is 473 g/mol. The zero-order chi connectivity index (χ0) is 24.3. The second-order valence-electron chi connectivity index (χ2n) is 9.16. The molecular formula is C24H23ClFN7O2. The van der Waals surface area contributed by atoms with Crippen LogP contribution in [0, 0.1) is 5.82 Å². The molecule has 4 heterocycles. The van der Waals surface area contributed by atoms with E-state index in [-0.39, 0.29) is 33.9 Å². The number of anilines is 1. The fourth-order valence-electron chi connectivity index (χ4n) is 4.48. The van der Waals surface area contributed by atoms with Gasteiger partial charge in [-0.2, -0.15) is 10.2 Å². The van der Waals surface area contributed by atoms with E-state index >= 15 is 0 Å². The summed E-state index contributed by atoms with van der Waals surface area (Å²) in [6, 6.07) is 4.85. The van der Waals surface area contributed by atoms with Crippen LogP contribution in [-0.4, -0.2) is 48.7 Å². The number of benzene rings is 1. The number of halogens is 2. The number of morpholine rings is 1. The smallest absolute Gasteiger partial charge is 0.293 e. The van der Waals surface area contributed by atoms with Gasteiger partial charge in [-0.05, 0) is 38.0 Å². The summed E-state index contributed by atoms with van der Waals surface area (Å²) in [5, 5.41) is 9.24. The predicted octanol–water partition coefficient (Wildman–Crippen LogP) is 3.68. The van der Waals surface area contributed by atoms with Gasteiger partial charge in [-0.15, -0.1) is 0 Å². The molecule has 0 unspecified atom stereocenters. The predicted molar refractivity (Wildman–Crippen MR) is 129 cm³/mol. The summed E-state index contributed by atoms with van der Waals surface area (Å²) in [4.78, 5) is 24.3. The van der Waals surface area contributed by atoms with E-state index < -0.39 is 5.82 Å². The van der Waals surface area contributed by atoms with E-state index in [1.807, 2.05) is 28.9 Å². The summed E-state index contributed by atoms with van der Waals surface area (Å²) in [7, 11) is 1.55. The van der Waals surface area contributed by atoms with Gasteiger partial charge in [0.15, 0.2) is 0 Å². The van der Waals surface area contributed by atoms with E-state index in [0.29, 0.717) is 36.2 Å². The molecule has 4 aromatic rings. The second kappa shape index (κ2) is 8.39. The Labute approximate surface area is 205 Å². The Kier molecular flexibility index (Phi) is 5.30. The normalized spacial score (nSPS) is 20.5. The van der Waals surface area contributed by atoms with Gasteiger partial charge in [0.2, 0.25) is 5.95 Å². The number of aryl methyl sites for hydroxylation is 1. The molecule has 0 bridgehead atoms. The number of nitrogens with zero attached hydrogens (tertiary/aromatic N) is 7. The van der Waals surface area contributed by atoms with E-state index in [9.17, 15) is 9.18 Å². The minimum Gasteiger partial charge on any atom is -0.367 e. The molecule has 1 aliphatic heterocycles. The highest BCUT2D eigenvalue weighted by molar-refractivity contribution is 6.30. The van der Waals surface area contributed by atoms with Gasteiger partial charge in [0.1, 0.15) is 17.4 Å². The van der Waals surface area contributed by atoms with Gasteiger partial charge in [-0.25, -0.2) is 19.0 Å². The summed E-state index contributed by atoms with van der Waals surface area (Å²) in [5.41, 5.74) is 1.29. The highest BCUT2D eigenvalue weighted by Crippen LogP contribution is 2.36. The molecule has 2 aliphatic rings. The molecule has 180 valence electrons. The van der Waals surface area contributed by atoms with Crippen molar-refractivity contribution in [2.75, 3.05) is 18.0 Å². The Morgan fingerprint density at radius 1 is 1.14 bits per heavy atom. The molecule has 2 fully saturated rings. The summed E-state index contributed by atoms with van der Waals surface area (Å²) in [6.07, 6.45) is 7.31. The van der Waals surface area contributed by atoms with Crippen LogP contribution in [0.3, 0.4) is 0 Å². The summed E-state index contributed by atoms with van der Waals surface area (Å²) >= 11 is 5.97. The van der Waals surface area contributed by atoms with Gasteiger partial charge >= 0.3 is 0 Å². The van der Waals surface area contributed by atoms with E-state index in [4.69, 9.17) is 21.3 Å². The standard InChI is InChI=1S/C24H23ClFN7O2/c1-13-10-32(12-20(35-13)14-8-28-33(11-14)16-4-5-16)24-29-21(17-6-3-15(25)7-19(17)26)18-9-27-31(2)23(34)22(18)30-24/h3,6-9,11,13,16,20H,4-5,10,12H2,1-2H3/t13-,20+/m0/s1. The minimum atomic E-state index is -0.537. The van der Waals surface area contributed by atoms with E-state index in [2.05, 4.69) is 15.2 Å². The quantitative estimate of drug-likeness (QED) is 0.426. The van der Waals surface area contributed by atoms with Gasteiger partial charge in [-0.1, -0.05) is 11.6 Å². The maximum Gasteiger partial charge on any atom is 0.293 e. The lowest BCUT2D eigenvalue weighted by Crippen LogP contribution is -2.43. The number of aromatic nitrogens is 6. The molecule has 9 nitrogen and oxygen atoms in total. The zero-order valence-corrected chi connectivity index (χ0v) is 20.0. The largest absolute Gasteiger partial charge is 0.367 e. The number of hydrogen-bond acceptors (Lipinski definition) is 7. The maximum atomic E-state index is 14.9. The maximum absolute atomic E-state index is 14.9. The fourth-order valence-corrected chi connectivity index (χ4v) is 4.64. The number of hydrogen-bond donors (Lipinski definition) is 0. The van der Waals surface area contributed by atoms with Gasteiger partial charge < -0.3 is 9.64 Å². The Hall–Kier alpha value is -3.37. The Morgan fingerprint density at radius 3 is 2.74 bits per heavy atom. The van der Waals surface area contributed by atoms with Crippen molar-refractivity contribution in [2.45, 2.75) is 38.0 Å². The fraction of sp³-hybridized carbons (Fsp3) is 0.375. The van der Waals surface area contributed by atoms with E-state index in [1.165, 1.54) is 16.9 Å². The van der Waals surface area contributed by atoms with Crippen molar-refractivity contribution in [1.29, 1.82) is 0 Å². The Balaban J connectivity index is 1.45. The number of fused-ring (bicyclic) bond motifs is 1. The monoisotopic (exact) mass is 495 g/mol. The SMILES string of the molecule is C[C@H]1CN(c2nc(-c3ccc(Cl)cc3F)c3cnn(C)c(=O)c3n2)C[C@H](c2cnn(C3CC3)c2)O1. The second-order valence-corrected chi connectivity index (χ2v) is 9.59. The van der Waals surface area contributed by atoms with Crippen LogP contribution >= 0.6 is 11.6 Å². The van der Waals surface area contributed by atoms with Crippen molar-refractivity contribution in [2.24, 2.45) is 7.05 Å². The molecule has 6 rings (SSSR count). The molecule has 1 aromatic carbocycles. The minimum absolute atomic E-state index is 0.117. The van der Waals surface area contributed by atoms with Crippen LogP contribution in [0.15, 0.2) is 41.6 Å². The van der Waals surface area contributed by atoms with Crippen molar-refractivity contribution in [3.8, 4) is 11.3 Å². The van der Waals surface area contributed by atoms with Crippen LogP contribution in [-0.2, 0) is 11.8 Å². The summed E-state index contributed by atoms with van der Waals surface area (Å²) in [5.74, 6) is -0.204. The molecule has 0 N–H and O–H groups in total. The van der Waals surface area contributed by atoms with Gasteiger partial charge in [0.05, 0.1) is 42.2 Å². The molecule has 11 heteroatoms. The molecule has 35 heavy (non-hydrogen) atoms. The molecule has 1 saturated heterocycles. The molecule has 1 aliphatic carbocycles. The Bertz CT molecular complexity index is 1500. The lowest BCUT2D eigenvalue weighted by molar-refractivity contribution is -0.0178. The van der Waals surface area contributed by atoms with Crippen molar-refractivity contribution < 1.29 is 9.13 Å². The lowest BCUT2D eigenvalue weighted by Gasteiger charge is -2.36.